The van der Waals surface area contributed by atoms with Crippen molar-refractivity contribution in [2.24, 2.45) is 0 Å². The summed E-state index contributed by atoms with van der Waals surface area (Å²) in [5, 5.41) is 18.8. The molecule has 0 aromatic heterocycles. The van der Waals surface area contributed by atoms with Gasteiger partial charge in [0.2, 0.25) is 10.0 Å². The third-order valence-electron chi connectivity index (χ3n) is 3.39. The molecule has 3 N–H and O–H groups in total. The largest absolute Gasteiger partial charge is 0.478 e. The summed E-state index contributed by atoms with van der Waals surface area (Å²) in [5.41, 5.74) is -1.90. The molecule has 118 valence electrons. The van der Waals surface area contributed by atoms with Gasteiger partial charge in [-0.2, -0.15) is 0 Å². The van der Waals surface area contributed by atoms with Crippen LogP contribution in [0, 0.1) is 5.82 Å². The smallest absolute Gasteiger partial charge is 0.338 e. The molecule has 0 aliphatic rings. The minimum Gasteiger partial charge on any atom is -0.478 e. The van der Waals surface area contributed by atoms with E-state index in [-0.39, 0.29) is 11.4 Å². The number of nitrogens with one attached hydrogen (secondary N) is 1. The van der Waals surface area contributed by atoms with Crippen molar-refractivity contribution in [2.75, 3.05) is 6.54 Å². The maximum Gasteiger partial charge on any atom is 0.338 e. The van der Waals surface area contributed by atoms with Crippen molar-refractivity contribution >= 4 is 16.0 Å². The highest BCUT2D eigenvalue weighted by molar-refractivity contribution is 7.89. The van der Waals surface area contributed by atoms with Crippen LogP contribution in [-0.2, 0) is 10.0 Å². The minimum absolute atomic E-state index is 0.206. The number of benzene rings is 1. The number of halogens is 1. The van der Waals surface area contributed by atoms with Crippen molar-refractivity contribution in [3.8, 4) is 0 Å². The highest BCUT2D eigenvalue weighted by Crippen LogP contribution is 2.17. The number of carbonyl (C=O) groups is 1. The topological polar surface area (TPSA) is 104 Å². The Bertz CT molecular complexity index is 625. The summed E-state index contributed by atoms with van der Waals surface area (Å²) >= 11 is 0. The highest BCUT2D eigenvalue weighted by atomic mass is 32.2. The molecule has 0 bridgehead atoms. The monoisotopic (exact) mass is 319 g/mol. The fourth-order valence-corrected chi connectivity index (χ4v) is 2.79. The Morgan fingerprint density at radius 3 is 2.38 bits per heavy atom. The van der Waals surface area contributed by atoms with Crippen molar-refractivity contribution in [3.63, 3.8) is 0 Å². The zero-order chi connectivity index (χ0) is 16.3. The molecule has 8 heteroatoms. The van der Waals surface area contributed by atoms with Crippen molar-refractivity contribution < 1.29 is 27.8 Å². The lowest BCUT2D eigenvalue weighted by Gasteiger charge is -2.25. The molecule has 1 aromatic carbocycles. The third-order valence-corrected chi connectivity index (χ3v) is 4.78. The molecule has 0 atom stereocenters. The SMILES string of the molecule is CCC(O)(CC)CNS(=O)(=O)c1ccc(F)c(C(=O)O)c1. The fraction of sp³-hybridized carbons (Fsp3) is 0.462. The Labute approximate surface area is 122 Å². The molecular weight excluding hydrogens is 301 g/mol. The van der Waals surface area contributed by atoms with E-state index < -0.39 is 33.0 Å². The van der Waals surface area contributed by atoms with Gasteiger partial charge in [0.1, 0.15) is 5.82 Å². The van der Waals surface area contributed by atoms with E-state index in [9.17, 15) is 22.7 Å². The molecule has 0 aliphatic carbocycles. The van der Waals surface area contributed by atoms with Crippen LogP contribution in [0.2, 0.25) is 0 Å². The maximum atomic E-state index is 13.3. The van der Waals surface area contributed by atoms with Crippen LogP contribution in [0.3, 0.4) is 0 Å². The fourth-order valence-electron chi connectivity index (χ4n) is 1.65. The second-order valence-electron chi connectivity index (χ2n) is 4.70. The highest BCUT2D eigenvalue weighted by Gasteiger charge is 2.26. The van der Waals surface area contributed by atoms with Gasteiger partial charge in [-0.3, -0.25) is 0 Å². The number of aromatic carboxylic acids is 1. The molecule has 0 heterocycles. The summed E-state index contributed by atoms with van der Waals surface area (Å²) in [6.07, 6.45) is 0.714. The second kappa shape index (κ2) is 6.50. The van der Waals surface area contributed by atoms with Gasteiger partial charge in [0, 0.05) is 6.54 Å². The van der Waals surface area contributed by atoms with Gasteiger partial charge in [-0.05, 0) is 31.0 Å². The maximum absolute atomic E-state index is 13.3. The first-order valence-electron chi connectivity index (χ1n) is 6.40. The normalized spacial score (nSPS) is 12.4. The van der Waals surface area contributed by atoms with Crippen LogP contribution in [0.15, 0.2) is 23.1 Å². The Morgan fingerprint density at radius 2 is 1.90 bits per heavy atom. The summed E-state index contributed by atoms with van der Waals surface area (Å²) in [6.45, 7) is 3.23. The molecule has 0 amide bonds. The minimum atomic E-state index is -4.03. The van der Waals surface area contributed by atoms with E-state index in [1.54, 1.807) is 13.8 Å². The molecule has 0 aliphatic heterocycles. The standard InChI is InChI=1S/C13H18FNO5S/c1-3-13(18,4-2)8-15-21(19,20)9-5-6-11(14)10(7-9)12(16)17/h5-7,15,18H,3-4,8H2,1-2H3,(H,16,17). The van der Waals surface area contributed by atoms with E-state index in [0.717, 1.165) is 18.2 Å². The Hall–Kier alpha value is -1.51. The molecule has 1 aromatic rings. The summed E-state index contributed by atoms with van der Waals surface area (Å²) < 4.78 is 39.6. The number of sulfonamides is 1. The van der Waals surface area contributed by atoms with Crippen molar-refractivity contribution in [3.05, 3.63) is 29.6 Å². The number of hydrogen-bond acceptors (Lipinski definition) is 4. The van der Waals surface area contributed by atoms with Gasteiger partial charge in [0.25, 0.3) is 0 Å². The Kier molecular flexibility index (Phi) is 5.43. The quantitative estimate of drug-likeness (QED) is 0.704. The third kappa shape index (κ3) is 4.23. The van der Waals surface area contributed by atoms with Gasteiger partial charge in [0.05, 0.1) is 16.1 Å². The van der Waals surface area contributed by atoms with E-state index in [1.807, 2.05) is 0 Å². The Balaban J connectivity index is 3.04. The van der Waals surface area contributed by atoms with Crippen LogP contribution in [0.4, 0.5) is 4.39 Å². The molecule has 0 radical (unpaired) electrons. The van der Waals surface area contributed by atoms with Gasteiger partial charge in [-0.15, -0.1) is 0 Å². The molecule has 0 saturated carbocycles. The van der Waals surface area contributed by atoms with Crippen LogP contribution < -0.4 is 4.72 Å². The van der Waals surface area contributed by atoms with Gasteiger partial charge < -0.3 is 10.2 Å². The molecule has 21 heavy (non-hydrogen) atoms. The number of hydrogen-bond donors (Lipinski definition) is 3. The molecule has 0 unspecified atom stereocenters. The van der Waals surface area contributed by atoms with Crippen LogP contribution >= 0.6 is 0 Å². The first-order chi connectivity index (χ1) is 9.65. The van der Waals surface area contributed by atoms with Gasteiger partial charge >= 0.3 is 5.97 Å². The van der Waals surface area contributed by atoms with E-state index >= 15 is 0 Å². The number of aliphatic hydroxyl groups is 1. The summed E-state index contributed by atoms with van der Waals surface area (Å²) in [6, 6.07) is 2.50. The first kappa shape index (κ1) is 17.5. The molecular formula is C13H18FNO5S. The van der Waals surface area contributed by atoms with Crippen LogP contribution in [0.1, 0.15) is 37.0 Å². The van der Waals surface area contributed by atoms with E-state index in [2.05, 4.69) is 4.72 Å². The van der Waals surface area contributed by atoms with Crippen molar-refractivity contribution in [1.82, 2.24) is 4.72 Å². The molecule has 1 rings (SSSR count). The van der Waals surface area contributed by atoms with Crippen LogP contribution in [-0.4, -0.2) is 36.7 Å². The predicted molar refractivity (Wildman–Crippen MR) is 74.1 cm³/mol. The molecule has 6 nitrogen and oxygen atoms in total. The molecule has 0 fully saturated rings. The molecule has 0 saturated heterocycles. The zero-order valence-electron chi connectivity index (χ0n) is 11.8. The average Bonchev–Trinajstić information content (AvgIpc) is 2.45. The predicted octanol–water partition coefficient (Wildman–Crippen LogP) is 1.35. The van der Waals surface area contributed by atoms with Crippen molar-refractivity contribution in [1.29, 1.82) is 0 Å². The van der Waals surface area contributed by atoms with Crippen LogP contribution in [0.25, 0.3) is 0 Å². The van der Waals surface area contributed by atoms with E-state index in [4.69, 9.17) is 5.11 Å². The lowest BCUT2D eigenvalue weighted by atomic mass is 9.98. The van der Waals surface area contributed by atoms with E-state index in [1.165, 1.54) is 0 Å². The van der Waals surface area contributed by atoms with Gasteiger partial charge in [0.15, 0.2) is 0 Å². The zero-order valence-corrected chi connectivity index (χ0v) is 12.6. The molecule has 0 spiro atoms. The number of rotatable bonds is 7. The lowest BCUT2D eigenvalue weighted by molar-refractivity contribution is 0.0377. The summed E-state index contributed by atoms with van der Waals surface area (Å²) in [7, 11) is -4.03. The average molecular weight is 319 g/mol. The summed E-state index contributed by atoms with van der Waals surface area (Å²) in [4.78, 5) is 10.5. The summed E-state index contributed by atoms with van der Waals surface area (Å²) in [5.74, 6) is -2.57. The first-order valence-corrected chi connectivity index (χ1v) is 7.88. The van der Waals surface area contributed by atoms with Gasteiger partial charge in [-0.1, -0.05) is 13.8 Å². The van der Waals surface area contributed by atoms with Crippen molar-refractivity contribution in [2.45, 2.75) is 37.2 Å². The van der Waals surface area contributed by atoms with Crippen LogP contribution in [0.5, 0.6) is 0 Å². The number of carboxylic acids is 1. The lowest BCUT2D eigenvalue weighted by Crippen LogP contribution is -2.42. The number of carboxylic acid groups (broad SMARTS) is 1. The Morgan fingerprint density at radius 1 is 1.33 bits per heavy atom. The second-order valence-corrected chi connectivity index (χ2v) is 6.47. The van der Waals surface area contributed by atoms with E-state index in [0.29, 0.717) is 12.8 Å². The van der Waals surface area contributed by atoms with Gasteiger partial charge in [-0.25, -0.2) is 22.3 Å².